The molecule has 138 valence electrons. The minimum absolute atomic E-state index is 0.00241. The van der Waals surface area contributed by atoms with Crippen molar-refractivity contribution < 1.29 is 22.0 Å². The maximum absolute atomic E-state index is 13.2. The van der Waals surface area contributed by atoms with Gasteiger partial charge in [-0.3, -0.25) is 4.79 Å². The molecule has 0 radical (unpaired) electrons. The van der Waals surface area contributed by atoms with E-state index in [1.54, 1.807) is 0 Å². The first-order valence-electron chi connectivity index (χ1n) is 8.16. The zero-order valence-corrected chi connectivity index (χ0v) is 14.7. The van der Waals surface area contributed by atoms with E-state index in [4.69, 9.17) is 0 Å². The lowest BCUT2D eigenvalue weighted by Gasteiger charge is -2.09. The lowest BCUT2D eigenvalue weighted by molar-refractivity contribution is 0.0950. The third kappa shape index (κ3) is 4.86. The molecule has 0 aromatic heterocycles. The molecule has 3 rings (SSSR count). The first-order valence-corrected chi connectivity index (χ1v) is 9.65. The second kappa shape index (κ2) is 7.51. The van der Waals surface area contributed by atoms with E-state index in [9.17, 15) is 22.0 Å². The zero-order chi connectivity index (χ0) is 18.7. The number of sulfonamides is 1. The van der Waals surface area contributed by atoms with Gasteiger partial charge in [0.1, 0.15) is 11.6 Å². The van der Waals surface area contributed by atoms with Crippen LogP contribution in [-0.4, -0.2) is 20.9 Å². The number of benzene rings is 2. The fourth-order valence-electron chi connectivity index (χ4n) is 2.43. The molecule has 1 amide bonds. The highest BCUT2D eigenvalue weighted by Crippen LogP contribution is 2.28. The fourth-order valence-corrected chi connectivity index (χ4v) is 3.60. The number of hydrogen-bond acceptors (Lipinski definition) is 3. The van der Waals surface area contributed by atoms with Crippen LogP contribution in [0.2, 0.25) is 0 Å². The fraction of sp³-hybridized carbons (Fsp3) is 0.278. The average molecular weight is 380 g/mol. The molecule has 2 N–H and O–H groups in total. The Morgan fingerprint density at radius 2 is 1.77 bits per heavy atom. The van der Waals surface area contributed by atoms with Gasteiger partial charge in [-0.05, 0) is 54.7 Å². The monoisotopic (exact) mass is 380 g/mol. The van der Waals surface area contributed by atoms with E-state index >= 15 is 0 Å². The Bertz CT molecular complexity index is 908. The van der Waals surface area contributed by atoms with Crippen molar-refractivity contribution in [2.45, 2.75) is 24.3 Å². The Morgan fingerprint density at radius 3 is 2.42 bits per heavy atom. The Balaban J connectivity index is 1.67. The molecule has 0 spiro atoms. The van der Waals surface area contributed by atoms with Gasteiger partial charge in [0.25, 0.3) is 5.91 Å². The van der Waals surface area contributed by atoms with Crippen molar-refractivity contribution in [1.82, 2.24) is 10.0 Å². The molecule has 2 aromatic carbocycles. The van der Waals surface area contributed by atoms with Gasteiger partial charge >= 0.3 is 0 Å². The summed E-state index contributed by atoms with van der Waals surface area (Å²) >= 11 is 0. The van der Waals surface area contributed by atoms with E-state index in [1.807, 2.05) is 0 Å². The minimum Gasteiger partial charge on any atom is -0.348 e. The molecule has 0 atom stereocenters. The molecular formula is C18H18F2N2O3S. The van der Waals surface area contributed by atoms with Crippen LogP contribution in [0, 0.1) is 17.6 Å². The SMILES string of the molecule is O=C(NCc1cc(F)cc(F)c1)c1cccc(S(=O)(=O)NCC2CC2)c1. The maximum Gasteiger partial charge on any atom is 0.251 e. The first kappa shape index (κ1) is 18.5. The number of halogens is 2. The molecule has 26 heavy (non-hydrogen) atoms. The first-order chi connectivity index (χ1) is 12.3. The second-order valence-corrected chi connectivity index (χ2v) is 8.05. The number of hydrogen-bond donors (Lipinski definition) is 2. The van der Waals surface area contributed by atoms with E-state index in [0.717, 1.165) is 31.0 Å². The van der Waals surface area contributed by atoms with Crippen molar-refractivity contribution in [2.75, 3.05) is 6.54 Å². The standard InChI is InChI=1S/C18H18F2N2O3S/c19-15-6-13(7-16(20)9-15)10-21-18(23)14-2-1-3-17(8-14)26(24,25)22-11-12-4-5-12/h1-3,6-9,12,22H,4-5,10-11H2,(H,21,23). The van der Waals surface area contributed by atoms with Crippen LogP contribution in [0.4, 0.5) is 8.78 Å². The summed E-state index contributed by atoms with van der Waals surface area (Å²) in [5.41, 5.74) is 0.418. The van der Waals surface area contributed by atoms with Gasteiger partial charge in [-0.2, -0.15) is 0 Å². The predicted octanol–water partition coefficient (Wildman–Crippen LogP) is 2.58. The highest BCUT2D eigenvalue weighted by atomic mass is 32.2. The molecule has 1 saturated carbocycles. The highest BCUT2D eigenvalue weighted by Gasteiger charge is 2.24. The number of amides is 1. The quantitative estimate of drug-likeness (QED) is 0.775. The number of carbonyl (C=O) groups is 1. The van der Waals surface area contributed by atoms with E-state index in [0.29, 0.717) is 12.5 Å². The molecule has 0 unspecified atom stereocenters. The third-order valence-electron chi connectivity index (χ3n) is 4.04. The summed E-state index contributed by atoms with van der Waals surface area (Å²) < 4.78 is 53.4. The number of rotatable bonds is 7. The minimum atomic E-state index is -3.68. The summed E-state index contributed by atoms with van der Waals surface area (Å²) in [7, 11) is -3.68. The van der Waals surface area contributed by atoms with E-state index in [2.05, 4.69) is 10.0 Å². The van der Waals surface area contributed by atoms with Crippen LogP contribution in [-0.2, 0) is 16.6 Å². The molecule has 5 nitrogen and oxygen atoms in total. The summed E-state index contributed by atoms with van der Waals surface area (Å²) in [6.45, 7) is 0.314. The topological polar surface area (TPSA) is 75.3 Å². The Kier molecular flexibility index (Phi) is 5.33. The van der Waals surface area contributed by atoms with Gasteiger partial charge in [0.15, 0.2) is 0 Å². The normalized spacial score (nSPS) is 14.2. The van der Waals surface area contributed by atoms with Crippen molar-refractivity contribution >= 4 is 15.9 Å². The molecule has 0 bridgehead atoms. The van der Waals surface area contributed by atoms with Gasteiger partial charge in [-0.25, -0.2) is 21.9 Å². The summed E-state index contributed by atoms with van der Waals surface area (Å²) in [6.07, 6.45) is 2.04. The maximum atomic E-state index is 13.2. The van der Waals surface area contributed by atoms with Crippen LogP contribution >= 0.6 is 0 Å². The summed E-state index contributed by atoms with van der Waals surface area (Å²) in [5.74, 6) is -1.61. The molecule has 1 aliphatic carbocycles. The predicted molar refractivity (Wildman–Crippen MR) is 91.9 cm³/mol. The van der Waals surface area contributed by atoms with Crippen LogP contribution in [0.15, 0.2) is 47.4 Å². The summed E-state index contributed by atoms with van der Waals surface area (Å²) in [6, 6.07) is 8.61. The molecule has 0 saturated heterocycles. The highest BCUT2D eigenvalue weighted by molar-refractivity contribution is 7.89. The van der Waals surface area contributed by atoms with Crippen molar-refractivity contribution in [3.8, 4) is 0 Å². The molecule has 1 aliphatic rings. The van der Waals surface area contributed by atoms with Crippen LogP contribution in [0.5, 0.6) is 0 Å². The van der Waals surface area contributed by atoms with Crippen molar-refractivity contribution in [3.05, 3.63) is 65.2 Å². The molecule has 2 aromatic rings. The zero-order valence-electron chi connectivity index (χ0n) is 13.8. The second-order valence-electron chi connectivity index (χ2n) is 6.28. The number of nitrogens with one attached hydrogen (secondary N) is 2. The van der Waals surface area contributed by atoms with Gasteiger partial charge in [-0.15, -0.1) is 0 Å². The molecule has 1 fully saturated rings. The lowest BCUT2D eigenvalue weighted by atomic mass is 10.2. The summed E-state index contributed by atoms with van der Waals surface area (Å²) in [5, 5.41) is 2.52. The molecule has 0 aliphatic heterocycles. The Hall–Kier alpha value is -2.32. The van der Waals surface area contributed by atoms with E-state index in [-0.39, 0.29) is 22.6 Å². The largest absolute Gasteiger partial charge is 0.348 e. The number of carbonyl (C=O) groups excluding carboxylic acids is 1. The van der Waals surface area contributed by atoms with Crippen molar-refractivity contribution in [1.29, 1.82) is 0 Å². The van der Waals surface area contributed by atoms with Gasteiger partial charge in [0.05, 0.1) is 4.90 Å². The van der Waals surface area contributed by atoms with Crippen molar-refractivity contribution in [3.63, 3.8) is 0 Å². The van der Waals surface area contributed by atoms with E-state index < -0.39 is 27.6 Å². The van der Waals surface area contributed by atoms with E-state index in [1.165, 1.54) is 24.3 Å². The Labute approximate surface area is 150 Å². The van der Waals surface area contributed by atoms with Crippen LogP contribution in [0.1, 0.15) is 28.8 Å². The summed E-state index contributed by atoms with van der Waals surface area (Å²) in [4.78, 5) is 12.2. The van der Waals surface area contributed by atoms with Crippen molar-refractivity contribution in [2.24, 2.45) is 5.92 Å². The van der Waals surface area contributed by atoms with Gasteiger partial charge in [0.2, 0.25) is 10.0 Å². The van der Waals surface area contributed by atoms with Gasteiger partial charge in [0, 0.05) is 24.7 Å². The van der Waals surface area contributed by atoms with Gasteiger partial charge < -0.3 is 5.32 Å². The molecule has 0 heterocycles. The van der Waals surface area contributed by atoms with Crippen LogP contribution in [0.3, 0.4) is 0 Å². The smallest absolute Gasteiger partial charge is 0.251 e. The lowest BCUT2D eigenvalue weighted by Crippen LogP contribution is -2.27. The average Bonchev–Trinajstić information content (AvgIpc) is 3.42. The Morgan fingerprint density at radius 1 is 1.08 bits per heavy atom. The van der Waals surface area contributed by atoms with Crippen LogP contribution in [0.25, 0.3) is 0 Å². The molecule has 8 heteroatoms. The third-order valence-corrected chi connectivity index (χ3v) is 5.46. The van der Waals surface area contributed by atoms with Crippen LogP contribution < -0.4 is 10.0 Å². The van der Waals surface area contributed by atoms with Gasteiger partial charge in [-0.1, -0.05) is 6.07 Å². The molecular weight excluding hydrogens is 362 g/mol.